The van der Waals surface area contributed by atoms with Crippen LogP contribution in [0.5, 0.6) is 0 Å². The van der Waals surface area contributed by atoms with Gasteiger partial charge in [0.25, 0.3) is 0 Å². The van der Waals surface area contributed by atoms with E-state index in [0.717, 1.165) is 13.0 Å². The Morgan fingerprint density at radius 1 is 1.33 bits per heavy atom. The van der Waals surface area contributed by atoms with Crippen LogP contribution in [0, 0.1) is 0 Å². The number of rotatable bonds is 9. The summed E-state index contributed by atoms with van der Waals surface area (Å²) in [4.78, 5) is 1.37. The van der Waals surface area contributed by atoms with Gasteiger partial charge in [-0.25, -0.2) is 0 Å². The Morgan fingerprint density at radius 3 is 2.67 bits per heavy atom. The number of hydrogen-bond donors (Lipinski definition) is 1. The lowest BCUT2D eigenvalue weighted by atomic mass is 10.1. The first kappa shape index (κ1) is 15.3. The van der Waals surface area contributed by atoms with Gasteiger partial charge in [-0.15, -0.1) is 18.3 Å². The van der Waals surface area contributed by atoms with Crippen LogP contribution in [-0.2, 0) is 0 Å². The molecular weight excluding hydrogens is 238 g/mol. The van der Waals surface area contributed by atoms with Gasteiger partial charge in [0.2, 0.25) is 0 Å². The Morgan fingerprint density at radius 2 is 2.06 bits per heavy atom. The molecule has 1 aromatic rings. The van der Waals surface area contributed by atoms with Gasteiger partial charge in [0, 0.05) is 10.9 Å². The first-order chi connectivity index (χ1) is 8.77. The molecule has 0 fully saturated rings. The summed E-state index contributed by atoms with van der Waals surface area (Å²) in [6.07, 6.45) is 5.50. The van der Waals surface area contributed by atoms with E-state index in [9.17, 15) is 0 Å². The van der Waals surface area contributed by atoms with Crippen LogP contribution in [-0.4, -0.2) is 12.3 Å². The van der Waals surface area contributed by atoms with Gasteiger partial charge in [-0.1, -0.05) is 25.1 Å². The predicted octanol–water partition coefficient (Wildman–Crippen LogP) is 4.81. The van der Waals surface area contributed by atoms with Gasteiger partial charge in [0.15, 0.2) is 0 Å². The van der Waals surface area contributed by atoms with Crippen LogP contribution in [0.1, 0.15) is 44.7 Å². The van der Waals surface area contributed by atoms with Gasteiger partial charge in [0.1, 0.15) is 0 Å². The molecule has 0 aliphatic heterocycles. The molecule has 0 amide bonds. The minimum atomic E-state index is 0.449. The molecule has 1 unspecified atom stereocenters. The predicted molar refractivity (Wildman–Crippen MR) is 83.3 cm³/mol. The number of allylic oxidation sites excluding steroid dienone is 1. The third-order valence-electron chi connectivity index (χ3n) is 2.90. The van der Waals surface area contributed by atoms with Crippen LogP contribution in [0.4, 0.5) is 0 Å². The second-order valence-electron chi connectivity index (χ2n) is 4.52. The number of thioether (sulfide) groups is 1. The maximum Gasteiger partial charge on any atom is 0.0291 e. The summed E-state index contributed by atoms with van der Waals surface area (Å²) >= 11 is 1.93. The highest BCUT2D eigenvalue weighted by molar-refractivity contribution is 7.99. The van der Waals surface area contributed by atoms with E-state index in [0.29, 0.717) is 6.04 Å². The zero-order chi connectivity index (χ0) is 13.2. The van der Waals surface area contributed by atoms with Crippen molar-refractivity contribution in [1.82, 2.24) is 5.32 Å². The van der Waals surface area contributed by atoms with Crippen molar-refractivity contribution in [2.75, 3.05) is 12.3 Å². The molecule has 0 saturated heterocycles. The number of benzene rings is 1. The van der Waals surface area contributed by atoms with Crippen LogP contribution in [0.2, 0.25) is 0 Å². The molecule has 2 heteroatoms. The monoisotopic (exact) mass is 263 g/mol. The average Bonchev–Trinajstić information content (AvgIpc) is 2.41. The van der Waals surface area contributed by atoms with Gasteiger partial charge in [-0.2, -0.15) is 0 Å². The highest BCUT2D eigenvalue weighted by atomic mass is 32.2. The minimum Gasteiger partial charge on any atom is -0.310 e. The van der Waals surface area contributed by atoms with Crippen molar-refractivity contribution in [2.45, 2.75) is 44.0 Å². The van der Waals surface area contributed by atoms with Crippen molar-refractivity contribution in [3.05, 3.63) is 42.5 Å². The summed E-state index contributed by atoms with van der Waals surface area (Å²) in [5.74, 6) is 1.18. The van der Waals surface area contributed by atoms with E-state index in [-0.39, 0.29) is 0 Å². The molecule has 0 aliphatic rings. The first-order valence-electron chi connectivity index (χ1n) is 6.85. The maximum atomic E-state index is 3.74. The van der Waals surface area contributed by atoms with Crippen LogP contribution < -0.4 is 5.32 Å². The van der Waals surface area contributed by atoms with E-state index in [1.54, 1.807) is 0 Å². The van der Waals surface area contributed by atoms with E-state index < -0.39 is 0 Å². The van der Waals surface area contributed by atoms with Crippen LogP contribution in [0.15, 0.2) is 41.8 Å². The van der Waals surface area contributed by atoms with E-state index in [2.05, 4.69) is 50.0 Å². The molecule has 0 aliphatic carbocycles. The second kappa shape index (κ2) is 9.23. The summed E-state index contributed by atoms with van der Waals surface area (Å²) in [5, 5.41) is 3.51. The molecule has 0 bridgehead atoms. The lowest BCUT2D eigenvalue weighted by Gasteiger charge is -2.13. The Kier molecular flexibility index (Phi) is 7.86. The van der Waals surface area contributed by atoms with Crippen molar-refractivity contribution >= 4 is 11.8 Å². The smallest absolute Gasteiger partial charge is 0.0291 e. The summed E-state index contributed by atoms with van der Waals surface area (Å²) in [7, 11) is 0. The van der Waals surface area contributed by atoms with Gasteiger partial charge < -0.3 is 5.32 Å². The minimum absolute atomic E-state index is 0.449. The third-order valence-corrected chi connectivity index (χ3v) is 4.00. The molecule has 1 rings (SSSR count). The Hall–Kier alpha value is -0.730. The maximum absolute atomic E-state index is 3.74. The highest BCUT2D eigenvalue weighted by Gasteiger charge is 2.03. The van der Waals surface area contributed by atoms with E-state index in [1.165, 1.54) is 29.1 Å². The largest absolute Gasteiger partial charge is 0.310 e. The summed E-state index contributed by atoms with van der Waals surface area (Å²) < 4.78 is 0. The standard InChI is InChI=1S/C16H25NS/c1-4-6-7-13-18-16-10-8-15(9-11-16)14(3)17-12-5-2/h4,8-11,14,17H,1,5-7,12-13H2,2-3H3. The van der Waals surface area contributed by atoms with Gasteiger partial charge in [-0.3, -0.25) is 0 Å². The lowest BCUT2D eigenvalue weighted by molar-refractivity contribution is 0.570. The molecule has 0 spiro atoms. The van der Waals surface area contributed by atoms with E-state index in [4.69, 9.17) is 0 Å². The van der Waals surface area contributed by atoms with Gasteiger partial charge in [0.05, 0.1) is 0 Å². The average molecular weight is 263 g/mol. The Bertz CT molecular complexity index is 331. The number of hydrogen-bond acceptors (Lipinski definition) is 2. The van der Waals surface area contributed by atoms with E-state index >= 15 is 0 Å². The molecule has 100 valence electrons. The number of unbranched alkanes of at least 4 members (excludes halogenated alkanes) is 1. The zero-order valence-corrected chi connectivity index (χ0v) is 12.4. The summed E-state index contributed by atoms with van der Waals surface area (Å²) in [5.41, 5.74) is 1.37. The number of nitrogens with one attached hydrogen (secondary N) is 1. The molecule has 0 saturated carbocycles. The molecule has 1 aromatic carbocycles. The quantitative estimate of drug-likeness (QED) is 0.390. The lowest BCUT2D eigenvalue weighted by Crippen LogP contribution is -2.19. The summed E-state index contributed by atoms with van der Waals surface area (Å²) in [6.45, 7) is 9.25. The molecule has 1 nitrogen and oxygen atoms in total. The van der Waals surface area contributed by atoms with Crippen molar-refractivity contribution in [1.29, 1.82) is 0 Å². The van der Waals surface area contributed by atoms with Gasteiger partial charge in [-0.05, 0) is 56.2 Å². The fourth-order valence-corrected chi connectivity index (χ4v) is 2.62. The van der Waals surface area contributed by atoms with Crippen LogP contribution in [0.25, 0.3) is 0 Å². The molecule has 0 radical (unpaired) electrons. The fraction of sp³-hybridized carbons (Fsp3) is 0.500. The molecule has 1 N–H and O–H groups in total. The van der Waals surface area contributed by atoms with Crippen LogP contribution in [0.3, 0.4) is 0 Å². The van der Waals surface area contributed by atoms with Crippen molar-refractivity contribution < 1.29 is 0 Å². The van der Waals surface area contributed by atoms with Crippen molar-refractivity contribution in [3.8, 4) is 0 Å². The van der Waals surface area contributed by atoms with Crippen molar-refractivity contribution in [3.63, 3.8) is 0 Å². The molecular formula is C16H25NS. The Labute approximate surface area is 116 Å². The molecule has 1 atom stereocenters. The third kappa shape index (κ3) is 5.74. The summed E-state index contributed by atoms with van der Waals surface area (Å²) in [6, 6.07) is 9.40. The SMILES string of the molecule is C=CCCCSc1ccc(C(C)NCCC)cc1. The van der Waals surface area contributed by atoms with Crippen molar-refractivity contribution in [2.24, 2.45) is 0 Å². The Balaban J connectivity index is 2.39. The second-order valence-corrected chi connectivity index (χ2v) is 5.69. The zero-order valence-electron chi connectivity index (χ0n) is 11.6. The van der Waals surface area contributed by atoms with Crippen LogP contribution >= 0.6 is 11.8 Å². The highest BCUT2D eigenvalue weighted by Crippen LogP contribution is 2.22. The van der Waals surface area contributed by atoms with E-state index in [1.807, 2.05) is 17.8 Å². The van der Waals surface area contributed by atoms with Gasteiger partial charge >= 0.3 is 0 Å². The molecule has 0 heterocycles. The first-order valence-corrected chi connectivity index (χ1v) is 7.83. The molecule has 18 heavy (non-hydrogen) atoms. The molecule has 0 aromatic heterocycles. The topological polar surface area (TPSA) is 12.0 Å². The normalized spacial score (nSPS) is 12.3. The fourth-order valence-electron chi connectivity index (χ4n) is 1.75.